The first-order valence-corrected chi connectivity index (χ1v) is 7.67. The molecule has 2 fully saturated rings. The predicted molar refractivity (Wildman–Crippen MR) is 78.1 cm³/mol. The lowest BCUT2D eigenvalue weighted by atomic mass is 10.1. The van der Waals surface area contributed by atoms with Crippen molar-refractivity contribution in [2.75, 3.05) is 29.9 Å². The molecule has 2 N–H and O–H groups in total. The standard InChI is InChI=1S/C13H20ClN5O/c14-11-16-12(15-8-9-3-4-10(20)7-9)18-13(17-11)19-5-1-2-6-19/h9-10,20H,1-8H2,(H,15,16,17,18). The molecule has 3 rings (SSSR count). The number of nitrogens with one attached hydrogen (secondary N) is 1. The van der Waals surface area contributed by atoms with Crippen LogP contribution < -0.4 is 10.2 Å². The molecule has 1 aliphatic heterocycles. The summed E-state index contributed by atoms with van der Waals surface area (Å²) in [5, 5.41) is 13.0. The normalized spacial score (nSPS) is 26.2. The minimum absolute atomic E-state index is 0.149. The van der Waals surface area contributed by atoms with Crippen molar-refractivity contribution in [3.8, 4) is 0 Å². The molecule has 1 aromatic heterocycles. The van der Waals surface area contributed by atoms with Gasteiger partial charge in [0, 0.05) is 19.6 Å². The van der Waals surface area contributed by atoms with Gasteiger partial charge in [-0.1, -0.05) is 0 Å². The van der Waals surface area contributed by atoms with Gasteiger partial charge in [-0.05, 0) is 49.6 Å². The molecular formula is C13H20ClN5O. The van der Waals surface area contributed by atoms with Crippen molar-refractivity contribution >= 4 is 23.5 Å². The van der Waals surface area contributed by atoms with Crippen LogP contribution in [0.15, 0.2) is 0 Å². The third kappa shape index (κ3) is 3.30. The van der Waals surface area contributed by atoms with Gasteiger partial charge in [0.05, 0.1) is 6.10 Å². The van der Waals surface area contributed by atoms with E-state index in [1.165, 1.54) is 12.8 Å². The Morgan fingerprint density at radius 1 is 1.20 bits per heavy atom. The Balaban J connectivity index is 1.63. The quantitative estimate of drug-likeness (QED) is 0.881. The molecule has 1 aromatic rings. The van der Waals surface area contributed by atoms with Crippen molar-refractivity contribution in [1.29, 1.82) is 0 Å². The summed E-state index contributed by atoms with van der Waals surface area (Å²) in [4.78, 5) is 14.9. The third-order valence-corrected chi connectivity index (χ3v) is 4.22. The van der Waals surface area contributed by atoms with E-state index in [0.29, 0.717) is 17.8 Å². The number of aliphatic hydroxyl groups is 1. The lowest BCUT2D eigenvalue weighted by Gasteiger charge is -2.16. The maximum atomic E-state index is 9.53. The molecule has 1 saturated heterocycles. The fourth-order valence-corrected chi connectivity index (χ4v) is 3.10. The van der Waals surface area contributed by atoms with Crippen LogP contribution in [-0.2, 0) is 0 Å². The molecular weight excluding hydrogens is 278 g/mol. The van der Waals surface area contributed by atoms with Gasteiger partial charge in [-0.15, -0.1) is 0 Å². The molecule has 2 atom stereocenters. The lowest BCUT2D eigenvalue weighted by Crippen LogP contribution is -2.22. The van der Waals surface area contributed by atoms with Crippen LogP contribution in [-0.4, -0.2) is 45.8 Å². The first kappa shape index (κ1) is 13.8. The van der Waals surface area contributed by atoms with Crippen molar-refractivity contribution in [1.82, 2.24) is 15.0 Å². The Bertz CT molecular complexity index is 466. The van der Waals surface area contributed by atoms with E-state index in [1.807, 2.05) is 0 Å². The zero-order chi connectivity index (χ0) is 13.9. The number of halogens is 1. The Hall–Kier alpha value is -1.14. The van der Waals surface area contributed by atoms with Crippen LogP contribution in [0.5, 0.6) is 0 Å². The summed E-state index contributed by atoms with van der Waals surface area (Å²) >= 11 is 5.98. The average molecular weight is 298 g/mol. The van der Waals surface area contributed by atoms with Crippen LogP contribution in [0.25, 0.3) is 0 Å². The topological polar surface area (TPSA) is 74.2 Å². The lowest BCUT2D eigenvalue weighted by molar-refractivity contribution is 0.178. The molecule has 20 heavy (non-hydrogen) atoms. The van der Waals surface area contributed by atoms with Gasteiger partial charge >= 0.3 is 0 Å². The van der Waals surface area contributed by atoms with Crippen LogP contribution >= 0.6 is 11.6 Å². The van der Waals surface area contributed by atoms with Crippen molar-refractivity contribution in [2.24, 2.45) is 5.92 Å². The maximum Gasteiger partial charge on any atom is 0.231 e. The SMILES string of the molecule is OC1CCC(CNc2nc(Cl)nc(N3CCCC3)n2)C1. The van der Waals surface area contributed by atoms with Crippen molar-refractivity contribution in [2.45, 2.75) is 38.2 Å². The molecule has 1 aliphatic carbocycles. The van der Waals surface area contributed by atoms with E-state index in [2.05, 4.69) is 25.2 Å². The second-order valence-corrected chi connectivity index (χ2v) is 5.97. The van der Waals surface area contributed by atoms with Crippen LogP contribution in [0.4, 0.5) is 11.9 Å². The fourth-order valence-electron chi connectivity index (χ4n) is 2.95. The molecule has 0 spiro atoms. The fraction of sp³-hybridized carbons (Fsp3) is 0.769. The first-order chi connectivity index (χ1) is 9.70. The van der Waals surface area contributed by atoms with Crippen LogP contribution in [0, 0.1) is 5.92 Å². The molecule has 6 nitrogen and oxygen atoms in total. The second kappa shape index (κ2) is 6.10. The molecule has 0 aromatic carbocycles. The number of rotatable bonds is 4. The van der Waals surface area contributed by atoms with Gasteiger partial charge in [0.1, 0.15) is 0 Å². The van der Waals surface area contributed by atoms with Gasteiger partial charge in [0.2, 0.25) is 17.2 Å². The zero-order valence-electron chi connectivity index (χ0n) is 11.4. The number of aromatic nitrogens is 3. The monoisotopic (exact) mass is 297 g/mol. The number of nitrogens with zero attached hydrogens (tertiary/aromatic N) is 4. The van der Waals surface area contributed by atoms with E-state index >= 15 is 0 Å². The second-order valence-electron chi connectivity index (χ2n) is 5.64. The average Bonchev–Trinajstić information content (AvgIpc) is 3.07. The summed E-state index contributed by atoms with van der Waals surface area (Å²) in [7, 11) is 0. The van der Waals surface area contributed by atoms with Crippen molar-refractivity contribution in [3.05, 3.63) is 5.28 Å². The van der Waals surface area contributed by atoms with Gasteiger partial charge in [0.15, 0.2) is 0 Å². The predicted octanol–water partition coefficient (Wildman–Crippen LogP) is 1.70. The Morgan fingerprint density at radius 3 is 2.70 bits per heavy atom. The first-order valence-electron chi connectivity index (χ1n) is 7.29. The molecule has 0 radical (unpaired) electrons. The summed E-state index contributed by atoms with van der Waals surface area (Å²) in [6.07, 6.45) is 4.99. The van der Waals surface area contributed by atoms with Gasteiger partial charge in [0.25, 0.3) is 0 Å². The summed E-state index contributed by atoms with van der Waals surface area (Å²) in [6.45, 7) is 2.74. The van der Waals surface area contributed by atoms with Crippen LogP contribution in [0.1, 0.15) is 32.1 Å². The molecule has 0 bridgehead atoms. The van der Waals surface area contributed by atoms with Gasteiger partial charge in [-0.2, -0.15) is 15.0 Å². The van der Waals surface area contributed by atoms with E-state index in [4.69, 9.17) is 11.6 Å². The van der Waals surface area contributed by atoms with Crippen LogP contribution in [0.2, 0.25) is 5.28 Å². The Labute approximate surface area is 123 Å². The molecule has 2 heterocycles. The number of hydrogen-bond acceptors (Lipinski definition) is 6. The number of aliphatic hydroxyl groups excluding tert-OH is 1. The molecule has 7 heteroatoms. The van der Waals surface area contributed by atoms with Crippen LogP contribution in [0.3, 0.4) is 0 Å². The van der Waals surface area contributed by atoms with E-state index in [-0.39, 0.29) is 11.4 Å². The summed E-state index contributed by atoms with van der Waals surface area (Å²) in [5.41, 5.74) is 0. The molecule has 110 valence electrons. The van der Waals surface area contributed by atoms with Gasteiger partial charge in [-0.25, -0.2) is 0 Å². The molecule has 2 unspecified atom stereocenters. The minimum Gasteiger partial charge on any atom is -0.393 e. The summed E-state index contributed by atoms with van der Waals surface area (Å²) in [6, 6.07) is 0. The van der Waals surface area contributed by atoms with E-state index in [1.54, 1.807) is 0 Å². The Kier molecular flexibility index (Phi) is 4.21. The van der Waals surface area contributed by atoms with E-state index < -0.39 is 0 Å². The number of hydrogen-bond donors (Lipinski definition) is 2. The smallest absolute Gasteiger partial charge is 0.231 e. The minimum atomic E-state index is -0.149. The highest BCUT2D eigenvalue weighted by Crippen LogP contribution is 2.25. The van der Waals surface area contributed by atoms with E-state index in [9.17, 15) is 5.11 Å². The molecule has 1 saturated carbocycles. The highest BCUT2D eigenvalue weighted by atomic mass is 35.5. The number of anilines is 2. The summed E-state index contributed by atoms with van der Waals surface area (Å²) in [5.74, 6) is 1.68. The van der Waals surface area contributed by atoms with Crippen molar-refractivity contribution < 1.29 is 5.11 Å². The Morgan fingerprint density at radius 2 is 2.00 bits per heavy atom. The highest BCUT2D eigenvalue weighted by molar-refractivity contribution is 6.28. The summed E-state index contributed by atoms with van der Waals surface area (Å²) < 4.78 is 0. The molecule has 0 amide bonds. The van der Waals surface area contributed by atoms with Gasteiger partial charge < -0.3 is 15.3 Å². The largest absolute Gasteiger partial charge is 0.393 e. The molecule has 2 aliphatic rings. The highest BCUT2D eigenvalue weighted by Gasteiger charge is 2.23. The van der Waals surface area contributed by atoms with E-state index in [0.717, 1.165) is 38.9 Å². The third-order valence-electron chi connectivity index (χ3n) is 4.05. The zero-order valence-corrected chi connectivity index (χ0v) is 12.2. The maximum absolute atomic E-state index is 9.53. The van der Waals surface area contributed by atoms with Crippen molar-refractivity contribution in [3.63, 3.8) is 0 Å². The van der Waals surface area contributed by atoms with Gasteiger partial charge in [-0.3, -0.25) is 0 Å².